The van der Waals surface area contributed by atoms with Crippen molar-refractivity contribution < 1.29 is 9.59 Å². The average molecular weight is 289 g/mol. The summed E-state index contributed by atoms with van der Waals surface area (Å²) in [5, 5.41) is 5.69. The molecule has 1 saturated heterocycles. The van der Waals surface area contributed by atoms with E-state index in [-0.39, 0.29) is 23.1 Å². The van der Waals surface area contributed by atoms with Crippen LogP contribution in [-0.4, -0.2) is 29.9 Å². The summed E-state index contributed by atoms with van der Waals surface area (Å²) in [5.74, 6) is -0.872. The van der Waals surface area contributed by atoms with Crippen molar-refractivity contribution in [1.82, 2.24) is 15.6 Å². The molecule has 0 bridgehead atoms. The zero-order chi connectivity index (χ0) is 15.5. The monoisotopic (exact) mass is 289 g/mol. The molecule has 0 aromatic carbocycles. The highest BCUT2D eigenvalue weighted by Gasteiger charge is 2.45. The molecule has 1 fully saturated rings. The van der Waals surface area contributed by atoms with Crippen LogP contribution in [0.4, 0.5) is 0 Å². The van der Waals surface area contributed by atoms with E-state index in [1.165, 1.54) is 0 Å². The third kappa shape index (κ3) is 3.80. The van der Waals surface area contributed by atoms with Crippen LogP contribution in [0.25, 0.3) is 0 Å². The SMILES string of the molecule is CC(C)(C)[C@H]1CNC(=O)[C@@H]1C(=O)NCCc1ccncc1. The molecule has 1 aliphatic heterocycles. The number of nitrogens with one attached hydrogen (secondary N) is 2. The maximum atomic E-state index is 12.3. The third-order valence-electron chi connectivity index (χ3n) is 4.04. The summed E-state index contributed by atoms with van der Waals surface area (Å²) in [7, 11) is 0. The molecule has 2 rings (SSSR count). The lowest BCUT2D eigenvalue weighted by molar-refractivity contribution is -0.135. The molecule has 2 N–H and O–H groups in total. The van der Waals surface area contributed by atoms with Gasteiger partial charge in [0.2, 0.25) is 11.8 Å². The number of hydrogen-bond donors (Lipinski definition) is 2. The fourth-order valence-corrected chi connectivity index (χ4v) is 2.72. The van der Waals surface area contributed by atoms with E-state index in [1.807, 2.05) is 12.1 Å². The Morgan fingerprint density at radius 1 is 1.38 bits per heavy atom. The highest BCUT2D eigenvalue weighted by Crippen LogP contribution is 2.35. The fourth-order valence-electron chi connectivity index (χ4n) is 2.72. The summed E-state index contributed by atoms with van der Waals surface area (Å²) >= 11 is 0. The highest BCUT2D eigenvalue weighted by molar-refractivity contribution is 6.02. The molecule has 0 radical (unpaired) electrons. The Labute approximate surface area is 125 Å². The van der Waals surface area contributed by atoms with Gasteiger partial charge in [-0.2, -0.15) is 0 Å². The largest absolute Gasteiger partial charge is 0.355 e. The molecular weight excluding hydrogens is 266 g/mol. The van der Waals surface area contributed by atoms with Crippen LogP contribution >= 0.6 is 0 Å². The number of carbonyl (C=O) groups is 2. The maximum Gasteiger partial charge on any atom is 0.232 e. The van der Waals surface area contributed by atoms with Crippen molar-refractivity contribution in [2.75, 3.05) is 13.1 Å². The lowest BCUT2D eigenvalue weighted by Gasteiger charge is -2.29. The Morgan fingerprint density at radius 3 is 2.67 bits per heavy atom. The van der Waals surface area contributed by atoms with Crippen molar-refractivity contribution in [2.45, 2.75) is 27.2 Å². The number of pyridine rings is 1. The van der Waals surface area contributed by atoms with Gasteiger partial charge in [0.25, 0.3) is 0 Å². The molecule has 0 aliphatic carbocycles. The van der Waals surface area contributed by atoms with Gasteiger partial charge in [-0.15, -0.1) is 0 Å². The van der Waals surface area contributed by atoms with Crippen LogP contribution in [0.3, 0.4) is 0 Å². The Balaban J connectivity index is 1.91. The lowest BCUT2D eigenvalue weighted by atomic mass is 9.74. The van der Waals surface area contributed by atoms with Gasteiger partial charge in [-0.05, 0) is 29.5 Å². The third-order valence-corrected chi connectivity index (χ3v) is 4.04. The molecule has 0 unspecified atom stereocenters. The first-order valence-electron chi connectivity index (χ1n) is 7.34. The number of hydrogen-bond acceptors (Lipinski definition) is 3. The first kappa shape index (κ1) is 15.5. The summed E-state index contributed by atoms with van der Waals surface area (Å²) in [6.45, 7) is 7.30. The number of amides is 2. The normalized spacial score (nSPS) is 22.0. The van der Waals surface area contributed by atoms with Crippen LogP contribution in [0.1, 0.15) is 26.3 Å². The molecule has 21 heavy (non-hydrogen) atoms. The van der Waals surface area contributed by atoms with Gasteiger partial charge in [0.15, 0.2) is 0 Å². The molecule has 2 amide bonds. The van der Waals surface area contributed by atoms with Crippen LogP contribution in [0.15, 0.2) is 24.5 Å². The zero-order valence-electron chi connectivity index (χ0n) is 12.8. The van der Waals surface area contributed by atoms with E-state index in [0.717, 1.165) is 12.0 Å². The summed E-state index contributed by atoms with van der Waals surface area (Å²) < 4.78 is 0. The van der Waals surface area contributed by atoms with Crippen LogP contribution in [0.2, 0.25) is 0 Å². The minimum Gasteiger partial charge on any atom is -0.355 e. The van der Waals surface area contributed by atoms with Gasteiger partial charge < -0.3 is 10.6 Å². The summed E-state index contributed by atoms with van der Waals surface area (Å²) in [4.78, 5) is 28.2. The lowest BCUT2D eigenvalue weighted by Crippen LogP contribution is -2.41. The van der Waals surface area contributed by atoms with Gasteiger partial charge in [0.1, 0.15) is 5.92 Å². The van der Waals surface area contributed by atoms with Gasteiger partial charge in [0.05, 0.1) is 0 Å². The van der Waals surface area contributed by atoms with Crippen molar-refractivity contribution in [3.05, 3.63) is 30.1 Å². The first-order valence-corrected chi connectivity index (χ1v) is 7.34. The van der Waals surface area contributed by atoms with Crippen LogP contribution in [0.5, 0.6) is 0 Å². The first-order chi connectivity index (χ1) is 9.89. The van der Waals surface area contributed by atoms with E-state index in [2.05, 4.69) is 36.4 Å². The maximum absolute atomic E-state index is 12.3. The smallest absolute Gasteiger partial charge is 0.232 e. The summed E-state index contributed by atoms with van der Waals surface area (Å²) in [6, 6.07) is 3.85. The van der Waals surface area contributed by atoms with Gasteiger partial charge in [-0.25, -0.2) is 0 Å². The molecule has 0 spiro atoms. The Hall–Kier alpha value is -1.91. The standard InChI is InChI=1S/C16H23N3O2/c1-16(2,3)12-10-19-15(21)13(12)14(20)18-9-6-11-4-7-17-8-5-11/h4-5,7-8,12-13H,6,9-10H2,1-3H3,(H,18,20)(H,19,21)/t12-,13-/m0/s1. The topological polar surface area (TPSA) is 71.1 Å². The average Bonchev–Trinajstić information content (AvgIpc) is 2.82. The van der Waals surface area contributed by atoms with Crippen molar-refractivity contribution in [2.24, 2.45) is 17.3 Å². The second-order valence-corrected chi connectivity index (χ2v) is 6.59. The van der Waals surface area contributed by atoms with Crippen molar-refractivity contribution in [1.29, 1.82) is 0 Å². The second kappa shape index (κ2) is 6.24. The van der Waals surface area contributed by atoms with Crippen molar-refractivity contribution in [3.63, 3.8) is 0 Å². The summed E-state index contributed by atoms with van der Waals surface area (Å²) in [5.41, 5.74) is 1.04. The van der Waals surface area contributed by atoms with Gasteiger partial charge in [-0.1, -0.05) is 20.8 Å². The summed E-state index contributed by atoms with van der Waals surface area (Å²) in [6.07, 6.45) is 4.21. The van der Waals surface area contributed by atoms with Gasteiger partial charge in [0, 0.05) is 31.4 Å². The zero-order valence-corrected chi connectivity index (χ0v) is 12.8. The van der Waals surface area contributed by atoms with E-state index < -0.39 is 5.92 Å². The van der Waals surface area contributed by atoms with Crippen LogP contribution < -0.4 is 10.6 Å². The number of rotatable bonds is 4. The van der Waals surface area contributed by atoms with E-state index in [0.29, 0.717) is 13.1 Å². The molecule has 1 aromatic rings. The predicted molar refractivity (Wildman–Crippen MR) is 80.4 cm³/mol. The molecule has 114 valence electrons. The predicted octanol–water partition coefficient (Wildman–Crippen LogP) is 1.15. The van der Waals surface area contributed by atoms with E-state index >= 15 is 0 Å². The highest BCUT2D eigenvalue weighted by atomic mass is 16.2. The van der Waals surface area contributed by atoms with Gasteiger partial charge >= 0.3 is 0 Å². The Kier molecular flexibility index (Phi) is 4.60. The second-order valence-electron chi connectivity index (χ2n) is 6.59. The van der Waals surface area contributed by atoms with Crippen molar-refractivity contribution >= 4 is 11.8 Å². The molecule has 2 heterocycles. The van der Waals surface area contributed by atoms with E-state index in [4.69, 9.17) is 0 Å². The minimum atomic E-state index is -0.581. The van der Waals surface area contributed by atoms with Crippen LogP contribution in [-0.2, 0) is 16.0 Å². The number of aromatic nitrogens is 1. The quantitative estimate of drug-likeness (QED) is 0.817. The Bertz CT molecular complexity index is 508. The fraction of sp³-hybridized carbons (Fsp3) is 0.562. The van der Waals surface area contributed by atoms with Crippen LogP contribution in [0, 0.1) is 17.3 Å². The molecular formula is C16H23N3O2. The van der Waals surface area contributed by atoms with E-state index in [9.17, 15) is 9.59 Å². The molecule has 0 saturated carbocycles. The van der Waals surface area contributed by atoms with Gasteiger partial charge in [-0.3, -0.25) is 14.6 Å². The van der Waals surface area contributed by atoms with E-state index in [1.54, 1.807) is 12.4 Å². The van der Waals surface area contributed by atoms with Crippen molar-refractivity contribution in [3.8, 4) is 0 Å². The molecule has 1 aliphatic rings. The number of nitrogens with zero attached hydrogens (tertiary/aromatic N) is 1. The number of carbonyl (C=O) groups excluding carboxylic acids is 2. The molecule has 1 aromatic heterocycles. The Morgan fingerprint density at radius 2 is 2.05 bits per heavy atom. The molecule has 2 atom stereocenters. The minimum absolute atomic E-state index is 0.0333. The molecule has 5 heteroatoms. The molecule has 5 nitrogen and oxygen atoms in total.